The molecule has 1 N–H and O–H groups in total. The molecule has 66 valence electrons. The molecule has 3 nitrogen and oxygen atoms in total. The minimum Gasteiger partial charge on any atom is -0.450 e. The van der Waals surface area contributed by atoms with Crippen LogP contribution in [0.4, 0.5) is 4.79 Å². The topological polar surface area (TPSA) is 46.5 Å². The highest BCUT2D eigenvalue weighted by molar-refractivity contribution is 5.57. The van der Waals surface area contributed by atoms with Crippen LogP contribution in [0.15, 0.2) is 12.2 Å². The Bertz CT molecular complexity index is 222. The van der Waals surface area contributed by atoms with Crippen LogP contribution in [0.1, 0.15) is 19.3 Å². The molecule has 1 fully saturated rings. The molecule has 3 aliphatic rings. The average molecular weight is 168 g/mol. The number of allylic oxidation sites excluding steroid dienone is 1. The van der Waals surface area contributed by atoms with Crippen molar-refractivity contribution in [1.29, 1.82) is 0 Å². The molecule has 3 atom stereocenters. The standard InChI is InChI=1S/C9H12O3/c10-9(11)12-8-5-6-1-3-7(8)4-2-6/h1,3,6-8H,2,4-5H2,(H,10,11). The zero-order valence-corrected chi connectivity index (χ0v) is 6.77. The molecular weight excluding hydrogens is 156 g/mol. The van der Waals surface area contributed by atoms with E-state index in [0.717, 1.165) is 12.8 Å². The summed E-state index contributed by atoms with van der Waals surface area (Å²) in [7, 11) is 0. The lowest BCUT2D eigenvalue weighted by Gasteiger charge is -2.36. The second-order valence-corrected chi connectivity index (χ2v) is 3.54. The van der Waals surface area contributed by atoms with Gasteiger partial charge in [-0.05, 0) is 25.2 Å². The summed E-state index contributed by atoms with van der Waals surface area (Å²) in [6.45, 7) is 0. The molecule has 1 saturated carbocycles. The summed E-state index contributed by atoms with van der Waals surface area (Å²) >= 11 is 0. The van der Waals surface area contributed by atoms with Crippen molar-refractivity contribution in [3.8, 4) is 0 Å². The van der Waals surface area contributed by atoms with E-state index in [1.807, 2.05) is 0 Å². The van der Waals surface area contributed by atoms with E-state index < -0.39 is 6.16 Å². The van der Waals surface area contributed by atoms with Crippen molar-refractivity contribution in [2.24, 2.45) is 11.8 Å². The predicted molar refractivity (Wildman–Crippen MR) is 42.9 cm³/mol. The largest absolute Gasteiger partial charge is 0.506 e. The van der Waals surface area contributed by atoms with E-state index >= 15 is 0 Å². The van der Waals surface area contributed by atoms with E-state index in [1.54, 1.807) is 0 Å². The maximum absolute atomic E-state index is 10.3. The average Bonchev–Trinajstić information content (AvgIpc) is 2.05. The molecule has 12 heavy (non-hydrogen) atoms. The van der Waals surface area contributed by atoms with Gasteiger partial charge in [-0.3, -0.25) is 0 Å². The van der Waals surface area contributed by atoms with Crippen LogP contribution >= 0.6 is 0 Å². The summed E-state index contributed by atoms with van der Waals surface area (Å²) in [4.78, 5) is 10.3. The summed E-state index contributed by atoms with van der Waals surface area (Å²) < 4.78 is 4.79. The number of hydrogen-bond acceptors (Lipinski definition) is 2. The van der Waals surface area contributed by atoms with E-state index in [-0.39, 0.29) is 6.10 Å². The molecule has 0 aromatic rings. The van der Waals surface area contributed by atoms with Gasteiger partial charge in [0.25, 0.3) is 0 Å². The first-order valence-electron chi connectivity index (χ1n) is 4.33. The molecule has 3 aliphatic carbocycles. The Morgan fingerprint density at radius 1 is 1.42 bits per heavy atom. The first-order chi connectivity index (χ1) is 5.75. The first-order valence-corrected chi connectivity index (χ1v) is 4.33. The molecule has 2 bridgehead atoms. The van der Waals surface area contributed by atoms with E-state index in [9.17, 15) is 4.79 Å². The van der Waals surface area contributed by atoms with Crippen molar-refractivity contribution < 1.29 is 14.6 Å². The third kappa shape index (κ3) is 1.31. The van der Waals surface area contributed by atoms with Crippen LogP contribution in [0.3, 0.4) is 0 Å². The van der Waals surface area contributed by atoms with Gasteiger partial charge in [0.05, 0.1) is 0 Å². The summed E-state index contributed by atoms with van der Waals surface area (Å²) in [5.41, 5.74) is 0. The van der Waals surface area contributed by atoms with Crippen LogP contribution in [0, 0.1) is 11.8 Å². The van der Waals surface area contributed by atoms with Gasteiger partial charge < -0.3 is 9.84 Å². The molecular formula is C9H12O3. The third-order valence-electron chi connectivity index (χ3n) is 2.77. The van der Waals surface area contributed by atoms with Gasteiger partial charge in [-0.25, -0.2) is 4.79 Å². The molecule has 0 amide bonds. The summed E-state index contributed by atoms with van der Waals surface area (Å²) in [5.74, 6) is 0.894. The Hall–Kier alpha value is -0.990. The van der Waals surface area contributed by atoms with Crippen molar-refractivity contribution in [2.75, 3.05) is 0 Å². The molecule has 0 spiro atoms. The zero-order chi connectivity index (χ0) is 8.55. The van der Waals surface area contributed by atoms with Gasteiger partial charge in [0.15, 0.2) is 0 Å². The number of ether oxygens (including phenoxy) is 1. The van der Waals surface area contributed by atoms with Gasteiger partial charge in [0.2, 0.25) is 0 Å². The summed E-state index contributed by atoms with van der Waals surface area (Å²) in [5, 5.41) is 8.45. The van der Waals surface area contributed by atoms with Crippen LogP contribution in [0.25, 0.3) is 0 Å². The monoisotopic (exact) mass is 168 g/mol. The van der Waals surface area contributed by atoms with E-state index in [0.29, 0.717) is 11.8 Å². The van der Waals surface area contributed by atoms with Crippen molar-refractivity contribution in [2.45, 2.75) is 25.4 Å². The highest BCUT2D eigenvalue weighted by Crippen LogP contribution is 2.37. The predicted octanol–water partition coefficient (Wildman–Crippen LogP) is 2.04. The molecule has 0 radical (unpaired) electrons. The molecule has 0 heterocycles. The Morgan fingerprint density at radius 3 is 2.67 bits per heavy atom. The van der Waals surface area contributed by atoms with Crippen LogP contribution in [-0.2, 0) is 4.74 Å². The number of carboxylic acid groups (broad SMARTS) is 1. The molecule has 0 aliphatic heterocycles. The second-order valence-electron chi connectivity index (χ2n) is 3.54. The van der Waals surface area contributed by atoms with Crippen molar-refractivity contribution >= 4 is 6.16 Å². The van der Waals surface area contributed by atoms with Crippen molar-refractivity contribution in [3.05, 3.63) is 12.2 Å². The lowest BCUT2D eigenvalue weighted by molar-refractivity contribution is 0.00548. The number of hydrogen-bond donors (Lipinski definition) is 1. The number of rotatable bonds is 1. The minimum atomic E-state index is -1.14. The Kier molecular flexibility index (Phi) is 1.79. The van der Waals surface area contributed by atoms with E-state index in [2.05, 4.69) is 12.2 Å². The van der Waals surface area contributed by atoms with Crippen LogP contribution < -0.4 is 0 Å². The fourth-order valence-corrected chi connectivity index (χ4v) is 2.14. The van der Waals surface area contributed by atoms with E-state index in [4.69, 9.17) is 9.84 Å². The second kappa shape index (κ2) is 2.81. The summed E-state index contributed by atoms with van der Waals surface area (Å²) in [6.07, 6.45) is 6.24. The van der Waals surface area contributed by atoms with Gasteiger partial charge in [-0.2, -0.15) is 0 Å². The minimum absolute atomic E-state index is 0.0775. The fraction of sp³-hybridized carbons (Fsp3) is 0.667. The molecule has 3 rings (SSSR count). The van der Waals surface area contributed by atoms with Crippen LogP contribution in [0.5, 0.6) is 0 Å². The molecule has 0 saturated heterocycles. The molecule has 0 aromatic heterocycles. The first kappa shape index (κ1) is 7.65. The maximum atomic E-state index is 10.3. The van der Waals surface area contributed by atoms with Crippen LogP contribution in [-0.4, -0.2) is 17.4 Å². The Labute approximate surface area is 71.0 Å². The fourth-order valence-electron chi connectivity index (χ4n) is 2.14. The summed E-state index contributed by atoms with van der Waals surface area (Å²) in [6, 6.07) is 0. The Balaban J connectivity index is 2.01. The van der Waals surface area contributed by atoms with Gasteiger partial charge in [0.1, 0.15) is 6.10 Å². The maximum Gasteiger partial charge on any atom is 0.506 e. The van der Waals surface area contributed by atoms with Gasteiger partial charge in [-0.15, -0.1) is 0 Å². The van der Waals surface area contributed by atoms with Gasteiger partial charge in [0, 0.05) is 5.92 Å². The highest BCUT2D eigenvalue weighted by Gasteiger charge is 2.34. The molecule has 0 aromatic carbocycles. The zero-order valence-electron chi connectivity index (χ0n) is 6.77. The smallest absolute Gasteiger partial charge is 0.450 e. The van der Waals surface area contributed by atoms with Crippen LogP contribution in [0.2, 0.25) is 0 Å². The normalized spacial score (nSPS) is 38.2. The Morgan fingerprint density at radius 2 is 2.25 bits per heavy atom. The third-order valence-corrected chi connectivity index (χ3v) is 2.77. The quantitative estimate of drug-likeness (QED) is 0.481. The number of carbonyl (C=O) groups is 1. The number of fused-ring (bicyclic) bond motifs is 2. The molecule has 3 heteroatoms. The molecule has 3 unspecified atom stereocenters. The lowest BCUT2D eigenvalue weighted by Crippen LogP contribution is -2.34. The van der Waals surface area contributed by atoms with Crippen molar-refractivity contribution in [1.82, 2.24) is 0 Å². The highest BCUT2D eigenvalue weighted by atomic mass is 16.7. The SMILES string of the molecule is O=C(O)OC1CC2C=CC1CC2. The van der Waals surface area contributed by atoms with E-state index in [1.165, 1.54) is 6.42 Å². The van der Waals surface area contributed by atoms with Crippen molar-refractivity contribution in [3.63, 3.8) is 0 Å². The van der Waals surface area contributed by atoms with Gasteiger partial charge in [-0.1, -0.05) is 12.2 Å². The lowest BCUT2D eigenvalue weighted by atomic mass is 9.74. The van der Waals surface area contributed by atoms with Gasteiger partial charge >= 0.3 is 6.16 Å².